The standard InChI is InChI=1S/C20H24N2O2S/c1-13-3-6-18(14-7-8-25-12-14)19(9-13)22(2)20(23)24-17-10-15-4-5-16(11-17)21-15/h3,6-9,12,15-17,21H,4-5,10-11H2,1-2H3. The summed E-state index contributed by atoms with van der Waals surface area (Å²) in [5.74, 6) is 0. The summed E-state index contributed by atoms with van der Waals surface area (Å²) in [5.41, 5.74) is 4.24. The van der Waals surface area contributed by atoms with Crippen molar-refractivity contribution < 1.29 is 9.53 Å². The van der Waals surface area contributed by atoms with Crippen molar-refractivity contribution in [1.82, 2.24) is 5.32 Å². The second kappa shape index (κ2) is 6.81. The second-order valence-electron chi connectivity index (χ2n) is 7.21. The largest absolute Gasteiger partial charge is 0.446 e. The third kappa shape index (κ3) is 3.44. The van der Waals surface area contributed by atoms with Crippen LogP contribution in [0.1, 0.15) is 31.2 Å². The number of nitrogens with one attached hydrogen (secondary N) is 1. The summed E-state index contributed by atoms with van der Waals surface area (Å²) >= 11 is 1.66. The van der Waals surface area contributed by atoms with Crippen molar-refractivity contribution in [2.45, 2.75) is 50.8 Å². The Hall–Kier alpha value is -1.85. The van der Waals surface area contributed by atoms with Gasteiger partial charge in [0, 0.05) is 24.7 Å². The van der Waals surface area contributed by atoms with Crippen molar-refractivity contribution >= 4 is 23.1 Å². The first-order valence-electron chi connectivity index (χ1n) is 8.94. The molecule has 1 aromatic carbocycles. The molecule has 132 valence electrons. The van der Waals surface area contributed by atoms with E-state index in [9.17, 15) is 4.79 Å². The number of hydrogen-bond donors (Lipinski definition) is 1. The Balaban J connectivity index is 1.53. The quantitative estimate of drug-likeness (QED) is 0.875. The number of benzene rings is 1. The van der Waals surface area contributed by atoms with Crippen LogP contribution in [0.4, 0.5) is 10.5 Å². The highest BCUT2D eigenvalue weighted by atomic mass is 32.1. The van der Waals surface area contributed by atoms with Crippen LogP contribution in [0.25, 0.3) is 11.1 Å². The Morgan fingerprint density at radius 1 is 1.24 bits per heavy atom. The van der Waals surface area contributed by atoms with E-state index in [1.165, 1.54) is 12.8 Å². The van der Waals surface area contributed by atoms with Gasteiger partial charge in [0.05, 0.1) is 5.69 Å². The lowest BCUT2D eigenvalue weighted by atomic mass is 10.0. The van der Waals surface area contributed by atoms with Gasteiger partial charge in [-0.3, -0.25) is 4.90 Å². The number of hydrogen-bond acceptors (Lipinski definition) is 4. The number of thiophene rings is 1. The van der Waals surface area contributed by atoms with Crippen LogP contribution in [0, 0.1) is 6.92 Å². The summed E-state index contributed by atoms with van der Waals surface area (Å²) in [4.78, 5) is 14.4. The Morgan fingerprint density at radius 2 is 2.00 bits per heavy atom. The molecule has 2 saturated heterocycles. The third-order valence-corrected chi connectivity index (χ3v) is 6.00. The Bertz CT molecular complexity index is 747. The molecule has 1 amide bonds. The molecule has 1 aromatic heterocycles. The fourth-order valence-electron chi connectivity index (χ4n) is 4.00. The van der Waals surface area contributed by atoms with Gasteiger partial charge in [0.2, 0.25) is 0 Å². The lowest BCUT2D eigenvalue weighted by Gasteiger charge is -2.30. The topological polar surface area (TPSA) is 41.6 Å². The summed E-state index contributed by atoms with van der Waals surface area (Å²) in [7, 11) is 1.81. The maximum absolute atomic E-state index is 12.8. The number of fused-ring (bicyclic) bond motifs is 2. The summed E-state index contributed by atoms with van der Waals surface area (Å²) in [6.07, 6.45) is 4.04. The molecule has 2 bridgehead atoms. The van der Waals surface area contributed by atoms with Gasteiger partial charge in [0.15, 0.2) is 0 Å². The van der Waals surface area contributed by atoms with Crippen LogP contribution >= 0.6 is 11.3 Å². The normalized spacial score (nSPS) is 25.0. The number of nitrogens with zero attached hydrogens (tertiary/aromatic N) is 1. The number of carbonyl (C=O) groups is 1. The van der Waals surface area contributed by atoms with Crippen molar-refractivity contribution in [2.24, 2.45) is 0 Å². The molecule has 25 heavy (non-hydrogen) atoms. The molecule has 2 aromatic rings. The highest BCUT2D eigenvalue weighted by Gasteiger charge is 2.35. The fourth-order valence-corrected chi connectivity index (χ4v) is 4.66. The van der Waals surface area contributed by atoms with Crippen LogP contribution in [0.5, 0.6) is 0 Å². The maximum Gasteiger partial charge on any atom is 0.414 e. The van der Waals surface area contributed by atoms with Crippen molar-refractivity contribution in [1.29, 1.82) is 0 Å². The molecule has 2 atom stereocenters. The molecule has 4 rings (SSSR count). The molecule has 3 heterocycles. The zero-order valence-electron chi connectivity index (χ0n) is 14.7. The zero-order chi connectivity index (χ0) is 17.4. The molecule has 5 heteroatoms. The zero-order valence-corrected chi connectivity index (χ0v) is 15.5. The van der Waals surface area contributed by atoms with E-state index in [4.69, 9.17) is 4.74 Å². The van der Waals surface area contributed by atoms with Crippen LogP contribution in [-0.4, -0.2) is 31.3 Å². The average Bonchev–Trinajstić information content (AvgIpc) is 3.24. The summed E-state index contributed by atoms with van der Waals surface area (Å²) in [6.45, 7) is 2.05. The summed E-state index contributed by atoms with van der Waals surface area (Å²) in [5, 5.41) is 7.75. The molecule has 0 radical (unpaired) electrons. The van der Waals surface area contributed by atoms with E-state index in [0.717, 1.165) is 35.2 Å². The highest BCUT2D eigenvalue weighted by Crippen LogP contribution is 2.34. The Morgan fingerprint density at radius 3 is 2.68 bits per heavy atom. The smallest absolute Gasteiger partial charge is 0.414 e. The number of aryl methyl sites for hydroxylation is 1. The summed E-state index contributed by atoms with van der Waals surface area (Å²) < 4.78 is 5.85. The van der Waals surface area contributed by atoms with Crippen molar-refractivity contribution in [2.75, 3.05) is 11.9 Å². The fraction of sp³-hybridized carbons (Fsp3) is 0.450. The van der Waals surface area contributed by atoms with E-state index < -0.39 is 0 Å². The Labute approximate surface area is 152 Å². The molecular weight excluding hydrogens is 332 g/mol. The maximum atomic E-state index is 12.8. The molecule has 0 spiro atoms. The summed E-state index contributed by atoms with van der Waals surface area (Å²) in [6, 6.07) is 9.34. The number of rotatable bonds is 3. The van der Waals surface area contributed by atoms with Gasteiger partial charge in [0.1, 0.15) is 6.10 Å². The van der Waals surface area contributed by atoms with Crippen LogP contribution in [0.15, 0.2) is 35.0 Å². The van der Waals surface area contributed by atoms with Gasteiger partial charge in [0.25, 0.3) is 0 Å². The van der Waals surface area contributed by atoms with Crippen LogP contribution < -0.4 is 10.2 Å². The van der Waals surface area contributed by atoms with Crippen LogP contribution in [0.3, 0.4) is 0 Å². The average molecular weight is 356 g/mol. The van der Waals surface area contributed by atoms with Gasteiger partial charge in [-0.15, -0.1) is 0 Å². The minimum Gasteiger partial charge on any atom is -0.446 e. The molecule has 1 N–H and O–H groups in total. The van der Waals surface area contributed by atoms with Crippen molar-refractivity contribution in [3.8, 4) is 11.1 Å². The lowest BCUT2D eigenvalue weighted by molar-refractivity contribution is 0.0730. The van der Waals surface area contributed by atoms with Gasteiger partial charge in [-0.2, -0.15) is 11.3 Å². The number of amides is 1. The van der Waals surface area contributed by atoms with Gasteiger partial charge < -0.3 is 10.1 Å². The minimum absolute atomic E-state index is 0.0307. The molecule has 2 fully saturated rings. The van der Waals surface area contributed by atoms with Crippen LogP contribution in [-0.2, 0) is 4.74 Å². The van der Waals surface area contributed by atoms with Gasteiger partial charge in [-0.25, -0.2) is 4.79 Å². The van der Waals surface area contributed by atoms with Crippen LogP contribution in [0.2, 0.25) is 0 Å². The van der Waals surface area contributed by atoms with E-state index >= 15 is 0 Å². The number of anilines is 1. The number of piperidine rings is 1. The SMILES string of the molecule is Cc1ccc(-c2ccsc2)c(N(C)C(=O)OC2CC3CCC(C2)N3)c1. The lowest BCUT2D eigenvalue weighted by Crippen LogP contribution is -2.43. The first kappa shape index (κ1) is 16.6. The minimum atomic E-state index is -0.256. The predicted octanol–water partition coefficient (Wildman–Crippen LogP) is 4.58. The van der Waals surface area contributed by atoms with E-state index in [2.05, 4.69) is 40.3 Å². The number of carbonyl (C=O) groups excluding carboxylic acids is 1. The second-order valence-corrected chi connectivity index (χ2v) is 7.99. The van der Waals surface area contributed by atoms with Gasteiger partial charge in [-0.1, -0.05) is 12.1 Å². The Kier molecular flexibility index (Phi) is 4.52. The van der Waals surface area contributed by atoms with E-state index in [0.29, 0.717) is 12.1 Å². The third-order valence-electron chi connectivity index (χ3n) is 5.32. The van der Waals surface area contributed by atoms with Gasteiger partial charge in [-0.05, 0) is 66.6 Å². The van der Waals surface area contributed by atoms with Gasteiger partial charge >= 0.3 is 6.09 Å². The van der Waals surface area contributed by atoms with Crippen molar-refractivity contribution in [3.05, 3.63) is 40.6 Å². The molecule has 0 saturated carbocycles. The first-order valence-corrected chi connectivity index (χ1v) is 9.88. The molecule has 2 unspecified atom stereocenters. The van der Waals surface area contributed by atoms with E-state index in [-0.39, 0.29) is 12.2 Å². The van der Waals surface area contributed by atoms with E-state index in [1.807, 2.05) is 14.0 Å². The van der Waals surface area contributed by atoms with Crippen molar-refractivity contribution in [3.63, 3.8) is 0 Å². The van der Waals surface area contributed by atoms with E-state index in [1.54, 1.807) is 16.2 Å². The molecule has 2 aliphatic heterocycles. The first-order chi connectivity index (χ1) is 12.1. The molecule has 0 aliphatic carbocycles. The monoisotopic (exact) mass is 356 g/mol. The molecular formula is C20H24N2O2S. The molecule has 2 aliphatic rings. The number of ether oxygens (including phenoxy) is 1. The predicted molar refractivity (Wildman–Crippen MR) is 102 cm³/mol. The highest BCUT2D eigenvalue weighted by molar-refractivity contribution is 7.08. The molecule has 4 nitrogen and oxygen atoms in total.